The Balaban J connectivity index is 2.14. The molecule has 2 rings (SSSR count). The first-order valence-corrected chi connectivity index (χ1v) is 6.12. The van der Waals surface area contributed by atoms with Crippen LogP contribution in [0.4, 0.5) is 0 Å². The first-order chi connectivity index (χ1) is 7.68. The van der Waals surface area contributed by atoms with Gasteiger partial charge in [0.25, 0.3) is 0 Å². The molecule has 0 spiro atoms. The predicted octanol–water partition coefficient (Wildman–Crippen LogP) is 3.10. The van der Waals surface area contributed by atoms with Crippen LogP contribution in [-0.4, -0.2) is 17.3 Å². The molecule has 0 radical (unpaired) electrons. The molecule has 2 unspecified atom stereocenters. The normalized spacial score (nSPS) is 25.0. The van der Waals surface area contributed by atoms with Gasteiger partial charge in [-0.25, -0.2) is 0 Å². The molecule has 0 aromatic heterocycles. The van der Waals surface area contributed by atoms with Crippen LogP contribution >= 0.6 is 0 Å². The van der Waals surface area contributed by atoms with E-state index in [9.17, 15) is 5.11 Å². The van der Waals surface area contributed by atoms with Crippen LogP contribution < -0.4 is 4.74 Å². The van der Waals surface area contributed by atoms with Gasteiger partial charge in [0, 0.05) is 0 Å². The Morgan fingerprint density at radius 1 is 1.25 bits per heavy atom. The monoisotopic (exact) mass is 220 g/mol. The Bertz CT molecular complexity index is 346. The summed E-state index contributed by atoms with van der Waals surface area (Å²) >= 11 is 0. The van der Waals surface area contributed by atoms with Crippen LogP contribution in [0.1, 0.15) is 44.6 Å². The lowest BCUT2D eigenvalue weighted by atomic mass is 10.0. The summed E-state index contributed by atoms with van der Waals surface area (Å²) in [7, 11) is 0. The van der Waals surface area contributed by atoms with Gasteiger partial charge in [-0.05, 0) is 36.8 Å². The van der Waals surface area contributed by atoms with E-state index < -0.39 is 0 Å². The van der Waals surface area contributed by atoms with Gasteiger partial charge in [0.15, 0.2) is 0 Å². The number of benzene rings is 1. The Kier molecular flexibility index (Phi) is 3.49. The largest absolute Gasteiger partial charge is 0.487 e. The predicted molar refractivity (Wildman–Crippen MR) is 64.8 cm³/mol. The summed E-state index contributed by atoms with van der Waals surface area (Å²) in [4.78, 5) is 0. The van der Waals surface area contributed by atoms with Gasteiger partial charge in [-0.1, -0.05) is 32.0 Å². The van der Waals surface area contributed by atoms with Crippen molar-refractivity contribution < 1.29 is 9.84 Å². The molecule has 2 heteroatoms. The standard InChI is InChI=1S/C14H20O2/c1-10(2)11-6-3-4-8-13(11)16-14-9-5-7-12(14)15/h3-4,6,8,10,12,14-15H,5,7,9H2,1-2H3. The van der Waals surface area contributed by atoms with Gasteiger partial charge in [0.1, 0.15) is 11.9 Å². The molecule has 0 aliphatic heterocycles. The van der Waals surface area contributed by atoms with Gasteiger partial charge in [-0.2, -0.15) is 0 Å². The third-order valence-corrected chi connectivity index (χ3v) is 3.24. The van der Waals surface area contributed by atoms with Gasteiger partial charge in [-0.15, -0.1) is 0 Å². The highest BCUT2D eigenvalue weighted by molar-refractivity contribution is 5.35. The second-order valence-corrected chi connectivity index (χ2v) is 4.85. The lowest BCUT2D eigenvalue weighted by Gasteiger charge is -2.20. The fraction of sp³-hybridized carbons (Fsp3) is 0.571. The maximum absolute atomic E-state index is 9.75. The Hall–Kier alpha value is -1.02. The molecular formula is C14H20O2. The maximum atomic E-state index is 9.75. The van der Waals surface area contributed by atoms with Gasteiger partial charge < -0.3 is 9.84 Å². The Morgan fingerprint density at radius 3 is 2.62 bits per heavy atom. The fourth-order valence-corrected chi connectivity index (χ4v) is 2.27. The van der Waals surface area contributed by atoms with Crippen LogP contribution in [0.5, 0.6) is 5.75 Å². The number of hydrogen-bond donors (Lipinski definition) is 1. The van der Waals surface area contributed by atoms with Crippen LogP contribution in [-0.2, 0) is 0 Å². The number of hydrogen-bond acceptors (Lipinski definition) is 2. The van der Waals surface area contributed by atoms with E-state index in [1.807, 2.05) is 18.2 Å². The summed E-state index contributed by atoms with van der Waals surface area (Å²) in [6.45, 7) is 4.32. The summed E-state index contributed by atoms with van der Waals surface area (Å²) in [6, 6.07) is 8.12. The smallest absolute Gasteiger partial charge is 0.124 e. The average Bonchev–Trinajstić information content (AvgIpc) is 2.65. The van der Waals surface area contributed by atoms with Crippen molar-refractivity contribution in [1.29, 1.82) is 0 Å². The molecule has 1 saturated carbocycles. The molecule has 0 amide bonds. The molecule has 1 N–H and O–H groups in total. The van der Waals surface area contributed by atoms with E-state index in [1.54, 1.807) is 0 Å². The zero-order valence-electron chi connectivity index (χ0n) is 10.0. The van der Waals surface area contributed by atoms with Gasteiger partial charge in [0.2, 0.25) is 0 Å². The minimum Gasteiger partial charge on any atom is -0.487 e. The zero-order valence-corrected chi connectivity index (χ0v) is 10.0. The van der Waals surface area contributed by atoms with Crippen molar-refractivity contribution in [3.63, 3.8) is 0 Å². The zero-order chi connectivity index (χ0) is 11.5. The van der Waals surface area contributed by atoms with Crippen molar-refractivity contribution >= 4 is 0 Å². The van der Waals surface area contributed by atoms with E-state index in [0.29, 0.717) is 5.92 Å². The van der Waals surface area contributed by atoms with E-state index in [4.69, 9.17) is 4.74 Å². The third kappa shape index (κ3) is 2.38. The average molecular weight is 220 g/mol. The summed E-state index contributed by atoms with van der Waals surface area (Å²) in [5, 5.41) is 9.75. The number of aliphatic hydroxyl groups is 1. The molecule has 1 aromatic rings. The summed E-state index contributed by atoms with van der Waals surface area (Å²) in [6.07, 6.45) is 2.60. The molecule has 1 fully saturated rings. The van der Waals surface area contributed by atoms with E-state index in [-0.39, 0.29) is 12.2 Å². The number of rotatable bonds is 3. The van der Waals surface area contributed by atoms with Crippen molar-refractivity contribution in [3.8, 4) is 5.75 Å². The van der Waals surface area contributed by atoms with Gasteiger partial charge >= 0.3 is 0 Å². The van der Waals surface area contributed by atoms with Crippen LogP contribution in [0.3, 0.4) is 0 Å². The van der Waals surface area contributed by atoms with Crippen molar-refractivity contribution in [1.82, 2.24) is 0 Å². The topological polar surface area (TPSA) is 29.5 Å². The highest BCUT2D eigenvalue weighted by Gasteiger charge is 2.27. The molecule has 2 atom stereocenters. The Labute approximate surface area is 97.3 Å². The van der Waals surface area contributed by atoms with Crippen LogP contribution in [0.2, 0.25) is 0 Å². The van der Waals surface area contributed by atoms with Crippen LogP contribution in [0, 0.1) is 0 Å². The molecular weight excluding hydrogens is 200 g/mol. The third-order valence-electron chi connectivity index (χ3n) is 3.24. The van der Waals surface area contributed by atoms with E-state index in [1.165, 1.54) is 5.56 Å². The summed E-state index contributed by atoms with van der Waals surface area (Å²) < 4.78 is 5.93. The second kappa shape index (κ2) is 4.88. The number of para-hydroxylation sites is 1. The van der Waals surface area contributed by atoms with E-state index in [2.05, 4.69) is 19.9 Å². The van der Waals surface area contributed by atoms with Gasteiger partial charge in [-0.3, -0.25) is 0 Å². The fourth-order valence-electron chi connectivity index (χ4n) is 2.27. The Morgan fingerprint density at radius 2 is 2.00 bits per heavy atom. The van der Waals surface area contributed by atoms with Crippen molar-refractivity contribution in [3.05, 3.63) is 29.8 Å². The minimum atomic E-state index is -0.291. The SMILES string of the molecule is CC(C)c1ccccc1OC1CCCC1O. The molecule has 2 nitrogen and oxygen atoms in total. The molecule has 16 heavy (non-hydrogen) atoms. The second-order valence-electron chi connectivity index (χ2n) is 4.85. The van der Waals surface area contributed by atoms with Crippen LogP contribution in [0.25, 0.3) is 0 Å². The lowest BCUT2D eigenvalue weighted by molar-refractivity contribution is 0.0596. The van der Waals surface area contributed by atoms with E-state index in [0.717, 1.165) is 25.0 Å². The van der Waals surface area contributed by atoms with Gasteiger partial charge in [0.05, 0.1) is 6.10 Å². The molecule has 0 heterocycles. The van der Waals surface area contributed by atoms with Crippen molar-refractivity contribution in [2.75, 3.05) is 0 Å². The molecule has 0 bridgehead atoms. The highest BCUT2D eigenvalue weighted by atomic mass is 16.5. The number of aliphatic hydroxyl groups excluding tert-OH is 1. The first-order valence-electron chi connectivity index (χ1n) is 6.12. The van der Waals surface area contributed by atoms with Crippen molar-refractivity contribution in [2.45, 2.75) is 51.2 Å². The molecule has 1 aliphatic rings. The van der Waals surface area contributed by atoms with E-state index >= 15 is 0 Å². The number of ether oxygens (including phenoxy) is 1. The summed E-state index contributed by atoms with van der Waals surface area (Å²) in [5.74, 6) is 1.39. The van der Waals surface area contributed by atoms with Crippen molar-refractivity contribution in [2.24, 2.45) is 0 Å². The van der Waals surface area contributed by atoms with Crippen LogP contribution in [0.15, 0.2) is 24.3 Å². The maximum Gasteiger partial charge on any atom is 0.124 e. The summed E-state index contributed by atoms with van der Waals surface area (Å²) in [5.41, 5.74) is 1.22. The minimum absolute atomic E-state index is 0.0140. The lowest BCUT2D eigenvalue weighted by Crippen LogP contribution is -2.26. The molecule has 1 aromatic carbocycles. The quantitative estimate of drug-likeness (QED) is 0.848. The molecule has 88 valence electrons. The highest BCUT2D eigenvalue weighted by Crippen LogP contribution is 2.30. The first kappa shape index (κ1) is 11.5. The molecule has 1 aliphatic carbocycles. The molecule has 0 saturated heterocycles.